The Bertz CT molecular complexity index is 329. The molecule has 1 N–H and O–H groups in total. The van der Waals surface area contributed by atoms with Crippen molar-refractivity contribution in [1.29, 1.82) is 0 Å². The van der Waals surface area contributed by atoms with Gasteiger partial charge in [-0.3, -0.25) is 0 Å². The van der Waals surface area contributed by atoms with Crippen LogP contribution in [0.5, 0.6) is 0 Å². The van der Waals surface area contributed by atoms with Gasteiger partial charge >= 0.3 is 0 Å². The molecule has 0 aliphatic carbocycles. The summed E-state index contributed by atoms with van der Waals surface area (Å²) in [5.74, 6) is -0.970. The van der Waals surface area contributed by atoms with Crippen LogP contribution in [0.4, 0.5) is 8.78 Å². The summed E-state index contributed by atoms with van der Waals surface area (Å²) in [4.78, 5) is 0. The fourth-order valence-electron chi connectivity index (χ4n) is 1.31. The Balaban J connectivity index is 2.63. The maximum atomic E-state index is 13.5. The summed E-state index contributed by atoms with van der Waals surface area (Å²) in [5.41, 5.74) is 0.146. The highest BCUT2D eigenvalue weighted by Gasteiger charge is 2.11. The summed E-state index contributed by atoms with van der Waals surface area (Å²) in [6.07, 6.45) is 1.39. The Morgan fingerprint density at radius 2 is 2.00 bits per heavy atom. The van der Waals surface area contributed by atoms with E-state index < -0.39 is 11.6 Å². The average Bonchev–Trinajstić information content (AvgIpc) is 2.23. The molecule has 15 heavy (non-hydrogen) atoms. The molecule has 1 aromatic carbocycles. The number of benzene rings is 1. The summed E-state index contributed by atoms with van der Waals surface area (Å²) >= 11 is 3.04. The molecular formula is C11H14BrF2N. The Hall–Kier alpha value is -0.480. The third kappa shape index (κ3) is 3.54. The fraction of sp³-hybridized carbons (Fsp3) is 0.455. The molecule has 0 aliphatic rings. The van der Waals surface area contributed by atoms with Gasteiger partial charge in [0.25, 0.3) is 0 Å². The quantitative estimate of drug-likeness (QED) is 0.644. The maximum Gasteiger partial charge on any atom is 0.143 e. The van der Waals surface area contributed by atoms with Gasteiger partial charge in [0.15, 0.2) is 0 Å². The first-order valence-electron chi connectivity index (χ1n) is 5.00. The van der Waals surface area contributed by atoms with E-state index in [-0.39, 0.29) is 5.56 Å². The van der Waals surface area contributed by atoms with Gasteiger partial charge in [-0.2, -0.15) is 0 Å². The summed E-state index contributed by atoms with van der Waals surface area (Å²) in [6, 6.07) is 2.66. The second kappa shape index (κ2) is 6.18. The van der Waals surface area contributed by atoms with Crippen LogP contribution >= 0.6 is 15.9 Å². The number of hydrogen-bond acceptors (Lipinski definition) is 1. The van der Waals surface area contributed by atoms with Crippen molar-refractivity contribution in [2.24, 2.45) is 0 Å². The highest BCUT2D eigenvalue weighted by molar-refractivity contribution is 9.10. The average molecular weight is 278 g/mol. The van der Waals surface area contributed by atoms with Crippen molar-refractivity contribution in [2.45, 2.75) is 19.8 Å². The second-order valence-corrected chi connectivity index (χ2v) is 4.18. The molecule has 0 atom stereocenters. The Kier molecular flexibility index (Phi) is 5.19. The molecule has 0 amide bonds. The summed E-state index contributed by atoms with van der Waals surface area (Å²) < 4.78 is 27.0. The van der Waals surface area contributed by atoms with Crippen LogP contribution in [-0.4, -0.2) is 13.1 Å². The van der Waals surface area contributed by atoms with E-state index in [1.807, 2.05) is 6.92 Å². The van der Waals surface area contributed by atoms with Crippen LogP contribution in [0, 0.1) is 11.6 Å². The fourth-order valence-corrected chi connectivity index (χ4v) is 1.68. The first-order valence-corrected chi connectivity index (χ1v) is 5.79. The molecule has 0 fully saturated rings. The lowest BCUT2D eigenvalue weighted by Gasteiger charge is -2.07. The van der Waals surface area contributed by atoms with E-state index in [0.717, 1.165) is 13.0 Å². The van der Waals surface area contributed by atoms with Crippen molar-refractivity contribution in [3.8, 4) is 0 Å². The second-order valence-electron chi connectivity index (χ2n) is 3.32. The van der Waals surface area contributed by atoms with Gasteiger partial charge in [0.05, 0.1) is 4.47 Å². The van der Waals surface area contributed by atoms with Crippen LogP contribution in [-0.2, 0) is 6.42 Å². The molecule has 0 heterocycles. The zero-order valence-corrected chi connectivity index (χ0v) is 10.2. The minimum absolute atomic E-state index is 0.146. The molecule has 1 rings (SSSR count). The van der Waals surface area contributed by atoms with Gasteiger partial charge in [-0.1, -0.05) is 6.92 Å². The predicted octanol–water partition coefficient (Wildman–Crippen LogP) is 3.27. The standard InChI is InChI=1S/C11H14BrF2N/c1-2-6-15-7-5-8-10(13)4-3-9(12)11(8)14/h3-4,15H,2,5-7H2,1H3. The molecule has 4 heteroatoms. The molecular weight excluding hydrogens is 264 g/mol. The number of nitrogens with one attached hydrogen (secondary N) is 1. The van der Waals surface area contributed by atoms with Crippen LogP contribution in [0.1, 0.15) is 18.9 Å². The van der Waals surface area contributed by atoms with Crippen molar-refractivity contribution >= 4 is 15.9 Å². The van der Waals surface area contributed by atoms with Crippen LogP contribution in [0.3, 0.4) is 0 Å². The lowest BCUT2D eigenvalue weighted by atomic mass is 10.1. The normalized spacial score (nSPS) is 10.7. The van der Waals surface area contributed by atoms with Crippen LogP contribution in [0.15, 0.2) is 16.6 Å². The van der Waals surface area contributed by atoms with Crippen molar-refractivity contribution in [1.82, 2.24) is 5.32 Å². The molecule has 0 aliphatic heterocycles. The molecule has 0 radical (unpaired) electrons. The Morgan fingerprint density at radius 1 is 1.27 bits per heavy atom. The van der Waals surface area contributed by atoms with Gasteiger partial charge in [-0.15, -0.1) is 0 Å². The Labute approximate surface area is 97.0 Å². The third-order valence-corrected chi connectivity index (χ3v) is 2.73. The van der Waals surface area contributed by atoms with Gasteiger partial charge in [0.1, 0.15) is 11.6 Å². The molecule has 0 saturated carbocycles. The van der Waals surface area contributed by atoms with E-state index in [4.69, 9.17) is 0 Å². The van der Waals surface area contributed by atoms with E-state index in [9.17, 15) is 8.78 Å². The topological polar surface area (TPSA) is 12.0 Å². The predicted molar refractivity (Wildman–Crippen MR) is 60.9 cm³/mol. The summed E-state index contributed by atoms with van der Waals surface area (Å²) in [7, 11) is 0. The SMILES string of the molecule is CCCNCCc1c(F)ccc(Br)c1F. The van der Waals surface area contributed by atoms with Gasteiger partial charge in [-0.05, 0) is 54.0 Å². The monoisotopic (exact) mass is 277 g/mol. The minimum atomic E-state index is -0.492. The van der Waals surface area contributed by atoms with Gasteiger partial charge < -0.3 is 5.32 Å². The maximum absolute atomic E-state index is 13.5. The lowest BCUT2D eigenvalue weighted by molar-refractivity contribution is 0.542. The molecule has 84 valence electrons. The van der Waals surface area contributed by atoms with Gasteiger partial charge in [-0.25, -0.2) is 8.78 Å². The number of rotatable bonds is 5. The van der Waals surface area contributed by atoms with E-state index in [1.165, 1.54) is 12.1 Å². The smallest absolute Gasteiger partial charge is 0.143 e. The number of halogens is 3. The van der Waals surface area contributed by atoms with E-state index in [2.05, 4.69) is 21.2 Å². The van der Waals surface area contributed by atoms with E-state index >= 15 is 0 Å². The van der Waals surface area contributed by atoms with E-state index in [1.54, 1.807) is 0 Å². The summed E-state index contributed by atoms with van der Waals surface area (Å²) in [6.45, 7) is 3.52. The van der Waals surface area contributed by atoms with Crippen LogP contribution in [0.25, 0.3) is 0 Å². The van der Waals surface area contributed by atoms with Crippen molar-refractivity contribution in [2.75, 3.05) is 13.1 Å². The highest BCUT2D eigenvalue weighted by atomic mass is 79.9. The lowest BCUT2D eigenvalue weighted by Crippen LogP contribution is -2.18. The minimum Gasteiger partial charge on any atom is -0.316 e. The number of hydrogen-bond donors (Lipinski definition) is 1. The van der Waals surface area contributed by atoms with Crippen molar-refractivity contribution in [3.63, 3.8) is 0 Å². The first-order chi connectivity index (χ1) is 7.16. The van der Waals surface area contributed by atoms with Crippen LogP contribution < -0.4 is 5.32 Å². The molecule has 1 aromatic rings. The third-order valence-electron chi connectivity index (χ3n) is 2.12. The molecule has 0 aromatic heterocycles. The van der Waals surface area contributed by atoms with Gasteiger partial charge in [0.2, 0.25) is 0 Å². The zero-order valence-electron chi connectivity index (χ0n) is 8.62. The van der Waals surface area contributed by atoms with E-state index in [0.29, 0.717) is 17.4 Å². The largest absolute Gasteiger partial charge is 0.316 e. The van der Waals surface area contributed by atoms with Gasteiger partial charge in [0, 0.05) is 5.56 Å². The van der Waals surface area contributed by atoms with Crippen molar-refractivity contribution in [3.05, 3.63) is 33.8 Å². The molecule has 0 spiro atoms. The van der Waals surface area contributed by atoms with Crippen LogP contribution in [0.2, 0.25) is 0 Å². The Morgan fingerprint density at radius 3 is 2.67 bits per heavy atom. The first kappa shape index (κ1) is 12.6. The van der Waals surface area contributed by atoms with Crippen molar-refractivity contribution < 1.29 is 8.78 Å². The molecule has 0 bridgehead atoms. The zero-order chi connectivity index (χ0) is 11.3. The highest BCUT2D eigenvalue weighted by Crippen LogP contribution is 2.21. The molecule has 1 nitrogen and oxygen atoms in total. The molecule has 0 unspecified atom stereocenters. The molecule has 0 saturated heterocycles. The summed E-state index contributed by atoms with van der Waals surface area (Å²) in [5, 5.41) is 3.11.